The molecule has 0 radical (unpaired) electrons. The summed E-state index contributed by atoms with van der Waals surface area (Å²) in [4.78, 5) is 27.0. The van der Waals surface area contributed by atoms with Crippen LogP contribution in [0.1, 0.15) is 31.4 Å². The molecule has 31 heavy (non-hydrogen) atoms. The monoisotopic (exact) mass is 423 g/mol. The van der Waals surface area contributed by atoms with Crippen LogP contribution in [-0.2, 0) is 15.1 Å². The van der Waals surface area contributed by atoms with Crippen LogP contribution in [0.25, 0.3) is 0 Å². The van der Waals surface area contributed by atoms with Gasteiger partial charge in [-0.25, -0.2) is 0 Å². The Morgan fingerprint density at radius 1 is 1.16 bits per heavy atom. The molecule has 0 aromatic heterocycles. The number of methoxy groups -OCH3 is 2. The standard InChI is InChI=1S/C24H29N3O4/c1-13(2)19-12-17(22(28)25-20-11-15(30-4)7-9-21(20)31-5)24(27-19)16-10-14(3)6-8-18(16)26-23(24)29/h6-11,13,17,19,27H,12H2,1-5H3,(H,25,28)(H,26,29)/t17-,19+,24+/m0/s1. The van der Waals surface area contributed by atoms with E-state index < -0.39 is 11.5 Å². The summed E-state index contributed by atoms with van der Waals surface area (Å²) >= 11 is 0. The minimum atomic E-state index is -1.10. The van der Waals surface area contributed by atoms with Gasteiger partial charge in [0, 0.05) is 23.4 Å². The minimum absolute atomic E-state index is 0.0279. The zero-order valence-corrected chi connectivity index (χ0v) is 18.5. The highest BCUT2D eigenvalue weighted by Gasteiger charge is 2.60. The summed E-state index contributed by atoms with van der Waals surface area (Å²) in [5.74, 6) is 0.402. The quantitative estimate of drug-likeness (QED) is 0.686. The van der Waals surface area contributed by atoms with Crippen LogP contribution in [0.2, 0.25) is 0 Å². The minimum Gasteiger partial charge on any atom is -0.497 e. The lowest BCUT2D eigenvalue weighted by Crippen LogP contribution is -2.52. The third kappa shape index (κ3) is 3.43. The highest BCUT2D eigenvalue weighted by atomic mass is 16.5. The molecule has 2 aromatic carbocycles. The first-order valence-corrected chi connectivity index (χ1v) is 10.5. The van der Waals surface area contributed by atoms with Crippen LogP contribution in [-0.4, -0.2) is 32.1 Å². The maximum Gasteiger partial charge on any atom is 0.250 e. The molecule has 7 heteroatoms. The highest BCUT2D eigenvalue weighted by Crippen LogP contribution is 2.48. The fraction of sp³-hybridized carbons (Fsp3) is 0.417. The number of carbonyl (C=O) groups excluding carboxylic acids is 2. The van der Waals surface area contributed by atoms with Crippen molar-refractivity contribution in [2.24, 2.45) is 11.8 Å². The molecule has 0 aliphatic carbocycles. The molecule has 4 rings (SSSR count). The van der Waals surface area contributed by atoms with Gasteiger partial charge in [0.15, 0.2) is 0 Å². The molecule has 0 saturated carbocycles. The summed E-state index contributed by atoms with van der Waals surface area (Å²) in [7, 11) is 3.12. The maximum atomic E-state index is 13.6. The fourth-order valence-electron chi connectivity index (χ4n) is 4.68. The second-order valence-corrected chi connectivity index (χ2v) is 8.65. The fourth-order valence-corrected chi connectivity index (χ4v) is 4.68. The summed E-state index contributed by atoms with van der Waals surface area (Å²) in [5.41, 5.74) is 2.03. The smallest absolute Gasteiger partial charge is 0.250 e. The predicted octanol–water partition coefficient (Wildman–Crippen LogP) is 3.43. The highest BCUT2D eigenvalue weighted by molar-refractivity contribution is 6.10. The van der Waals surface area contributed by atoms with Crippen LogP contribution in [0.15, 0.2) is 36.4 Å². The number of carbonyl (C=O) groups is 2. The zero-order chi connectivity index (χ0) is 22.3. The third-order valence-corrected chi connectivity index (χ3v) is 6.42. The molecular formula is C24H29N3O4. The van der Waals surface area contributed by atoms with Crippen LogP contribution < -0.4 is 25.4 Å². The van der Waals surface area contributed by atoms with Gasteiger partial charge >= 0.3 is 0 Å². The van der Waals surface area contributed by atoms with Crippen LogP contribution >= 0.6 is 0 Å². The molecule has 1 saturated heterocycles. The number of aryl methyl sites for hydroxylation is 1. The first kappa shape index (κ1) is 21.2. The topological polar surface area (TPSA) is 88.7 Å². The Bertz CT molecular complexity index is 1040. The van der Waals surface area contributed by atoms with E-state index in [9.17, 15) is 9.59 Å². The number of fused-ring (bicyclic) bond motifs is 2. The third-order valence-electron chi connectivity index (χ3n) is 6.42. The van der Waals surface area contributed by atoms with Gasteiger partial charge < -0.3 is 20.1 Å². The molecule has 2 aliphatic heterocycles. The lowest BCUT2D eigenvalue weighted by atomic mass is 9.79. The van der Waals surface area contributed by atoms with E-state index in [1.807, 2.05) is 25.1 Å². The van der Waals surface area contributed by atoms with E-state index in [-0.39, 0.29) is 23.8 Å². The second kappa shape index (κ2) is 7.89. The van der Waals surface area contributed by atoms with Gasteiger partial charge in [-0.05, 0) is 37.5 Å². The summed E-state index contributed by atoms with van der Waals surface area (Å²) in [6.45, 7) is 6.18. The van der Waals surface area contributed by atoms with Crippen molar-refractivity contribution in [3.63, 3.8) is 0 Å². The first-order valence-electron chi connectivity index (χ1n) is 10.5. The number of benzene rings is 2. The summed E-state index contributed by atoms with van der Waals surface area (Å²) in [5, 5.41) is 9.51. The molecule has 1 spiro atoms. The molecule has 7 nitrogen and oxygen atoms in total. The van der Waals surface area contributed by atoms with Crippen LogP contribution in [0, 0.1) is 18.8 Å². The van der Waals surface area contributed by atoms with Crippen molar-refractivity contribution in [3.05, 3.63) is 47.5 Å². The molecule has 3 N–H and O–H groups in total. The van der Waals surface area contributed by atoms with E-state index in [2.05, 4.69) is 29.8 Å². The van der Waals surface area contributed by atoms with Crippen molar-refractivity contribution in [2.75, 3.05) is 24.9 Å². The number of amides is 2. The Morgan fingerprint density at radius 2 is 1.94 bits per heavy atom. The molecule has 0 bridgehead atoms. The van der Waals surface area contributed by atoms with Crippen molar-refractivity contribution in [3.8, 4) is 11.5 Å². The number of ether oxygens (including phenoxy) is 2. The molecule has 2 aromatic rings. The SMILES string of the molecule is COc1ccc(OC)c(NC(=O)[C@@H]2C[C@H](C(C)C)N[C@@]23C(=O)Nc2ccc(C)cc23)c1. The van der Waals surface area contributed by atoms with Crippen LogP contribution in [0.5, 0.6) is 11.5 Å². The van der Waals surface area contributed by atoms with E-state index in [0.29, 0.717) is 23.6 Å². The molecule has 2 heterocycles. The Labute approximate surface area is 182 Å². The van der Waals surface area contributed by atoms with E-state index in [1.54, 1.807) is 32.4 Å². The van der Waals surface area contributed by atoms with E-state index in [0.717, 1.165) is 16.8 Å². The molecular weight excluding hydrogens is 394 g/mol. The second-order valence-electron chi connectivity index (χ2n) is 8.65. The number of anilines is 2. The normalized spacial score (nSPS) is 24.3. The van der Waals surface area contributed by atoms with E-state index >= 15 is 0 Å². The lowest BCUT2D eigenvalue weighted by Gasteiger charge is -2.30. The van der Waals surface area contributed by atoms with E-state index in [1.165, 1.54) is 0 Å². The van der Waals surface area contributed by atoms with Gasteiger partial charge in [0.25, 0.3) is 0 Å². The van der Waals surface area contributed by atoms with E-state index in [4.69, 9.17) is 9.47 Å². The van der Waals surface area contributed by atoms with Crippen molar-refractivity contribution in [1.82, 2.24) is 5.32 Å². The average Bonchev–Trinajstić information content (AvgIpc) is 3.28. The van der Waals surface area contributed by atoms with Gasteiger partial charge in [-0.2, -0.15) is 0 Å². The molecule has 1 fully saturated rings. The van der Waals surface area contributed by atoms with Crippen LogP contribution in [0.3, 0.4) is 0 Å². The number of nitrogens with one attached hydrogen (secondary N) is 3. The van der Waals surface area contributed by atoms with Gasteiger partial charge in [0.05, 0.1) is 25.8 Å². The average molecular weight is 424 g/mol. The predicted molar refractivity (Wildman–Crippen MR) is 120 cm³/mol. The molecule has 2 amide bonds. The Hall–Kier alpha value is -3.06. The Balaban J connectivity index is 1.75. The number of hydrogen-bond acceptors (Lipinski definition) is 5. The molecule has 2 aliphatic rings. The number of hydrogen-bond donors (Lipinski definition) is 3. The van der Waals surface area contributed by atoms with Crippen molar-refractivity contribution in [1.29, 1.82) is 0 Å². The Morgan fingerprint density at radius 3 is 2.61 bits per heavy atom. The molecule has 0 unspecified atom stereocenters. The van der Waals surface area contributed by atoms with Crippen molar-refractivity contribution >= 4 is 23.2 Å². The Kier molecular flexibility index (Phi) is 5.39. The van der Waals surface area contributed by atoms with Crippen molar-refractivity contribution in [2.45, 2.75) is 38.8 Å². The van der Waals surface area contributed by atoms with Gasteiger partial charge in [0.2, 0.25) is 11.8 Å². The molecule has 3 atom stereocenters. The largest absolute Gasteiger partial charge is 0.497 e. The number of rotatable bonds is 5. The summed E-state index contributed by atoms with van der Waals surface area (Å²) < 4.78 is 10.7. The summed E-state index contributed by atoms with van der Waals surface area (Å²) in [6.07, 6.45) is 0.552. The maximum absolute atomic E-state index is 13.6. The first-order chi connectivity index (χ1) is 14.8. The molecule has 164 valence electrons. The van der Waals surface area contributed by atoms with Gasteiger partial charge in [-0.15, -0.1) is 0 Å². The lowest BCUT2D eigenvalue weighted by molar-refractivity contribution is -0.130. The van der Waals surface area contributed by atoms with Gasteiger partial charge in [-0.1, -0.05) is 31.5 Å². The summed E-state index contributed by atoms with van der Waals surface area (Å²) in [6, 6.07) is 11.1. The van der Waals surface area contributed by atoms with Gasteiger partial charge in [-0.3, -0.25) is 14.9 Å². The van der Waals surface area contributed by atoms with Crippen molar-refractivity contribution < 1.29 is 19.1 Å². The van der Waals surface area contributed by atoms with Crippen LogP contribution in [0.4, 0.5) is 11.4 Å². The van der Waals surface area contributed by atoms with Gasteiger partial charge in [0.1, 0.15) is 17.0 Å². The zero-order valence-electron chi connectivity index (χ0n) is 18.5.